The molecule has 0 spiro atoms. The number of hydrogen-bond acceptors (Lipinski definition) is 3. The molecule has 1 rings (SSSR count). The van der Waals surface area contributed by atoms with E-state index >= 15 is 0 Å². The molecule has 0 aliphatic heterocycles. The Hall–Kier alpha value is -1.36. The van der Waals surface area contributed by atoms with Gasteiger partial charge in [-0.25, -0.2) is 4.79 Å². The van der Waals surface area contributed by atoms with Crippen molar-refractivity contribution < 1.29 is 5.11 Å². The number of aryl methyl sites for hydroxylation is 1. The van der Waals surface area contributed by atoms with E-state index in [0.717, 1.165) is 4.57 Å². The van der Waals surface area contributed by atoms with Crippen molar-refractivity contribution in [1.29, 1.82) is 0 Å². The van der Waals surface area contributed by atoms with Crippen LogP contribution in [0, 0.1) is 6.92 Å². The first-order chi connectivity index (χ1) is 6.07. The molecule has 0 aromatic carbocycles. The molecular formula is C8H12N2O3. The molecule has 1 N–H and O–H groups in total. The van der Waals surface area contributed by atoms with Crippen LogP contribution in [-0.4, -0.2) is 20.8 Å². The van der Waals surface area contributed by atoms with E-state index < -0.39 is 0 Å². The monoisotopic (exact) mass is 184 g/mol. The zero-order valence-electron chi connectivity index (χ0n) is 7.65. The standard InChI is InChI=1S/C8H12N2O3/c1-6-5-7(12)9(2)8(13)10(6)3-4-11/h5,11H,3-4H2,1-2H3. The van der Waals surface area contributed by atoms with Crippen LogP contribution < -0.4 is 11.2 Å². The lowest BCUT2D eigenvalue weighted by atomic mass is 10.4. The highest BCUT2D eigenvalue weighted by molar-refractivity contribution is 4.99. The molecular weight excluding hydrogens is 172 g/mol. The van der Waals surface area contributed by atoms with Gasteiger partial charge in [0.15, 0.2) is 0 Å². The SMILES string of the molecule is Cc1cc(=O)n(C)c(=O)n1CCO. The van der Waals surface area contributed by atoms with Gasteiger partial charge < -0.3 is 5.11 Å². The molecule has 0 bridgehead atoms. The summed E-state index contributed by atoms with van der Waals surface area (Å²) >= 11 is 0. The predicted molar refractivity (Wildman–Crippen MR) is 47.8 cm³/mol. The highest BCUT2D eigenvalue weighted by Gasteiger charge is 2.03. The largest absolute Gasteiger partial charge is 0.395 e. The van der Waals surface area contributed by atoms with Crippen LogP contribution in [0.15, 0.2) is 15.7 Å². The minimum absolute atomic E-state index is 0.112. The van der Waals surface area contributed by atoms with Crippen molar-refractivity contribution in [3.05, 3.63) is 32.6 Å². The topological polar surface area (TPSA) is 64.2 Å². The van der Waals surface area contributed by atoms with E-state index in [1.807, 2.05) is 0 Å². The van der Waals surface area contributed by atoms with E-state index in [4.69, 9.17) is 5.11 Å². The fourth-order valence-corrected chi connectivity index (χ4v) is 1.15. The smallest absolute Gasteiger partial charge is 0.330 e. The summed E-state index contributed by atoms with van der Waals surface area (Å²) in [5, 5.41) is 8.68. The van der Waals surface area contributed by atoms with Crippen molar-refractivity contribution in [2.45, 2.75) is 13.5 Å². The third-order valence-corrected chi connectivity index (χ3v) is 1.93. The lowest BCUT2D eigenvalue weighted by Gasteiger charge is -2.08. The third kappa shape index (κ3) is 1.70. The maximum atomic E-state index is 11.4. The fraction of sp³-hybridized carbons (Fsp3) is 0.500. The van der Waals surface area contributed by atoms with Gasteiger partial charge in [0.05, 0.1) is 13.2 Å². The number of nitrogens with zero attached hydrogens (tertiary/aromatic N) is 2. The Balaban J connectivity index is 3.44. The van der Waals surface area contributed by atoms with E-state index in [1.165, 1.54) is 17.7 Å². The summed E-state index contributed by atoms with van der Waals surface area (Å²) < 4.78 is 2.38. The third-order valence-electron chi connectivity index (χ3n) is 1.93. The highest BCUT2D eigenvalue weighted by atomic mass is 16.3. The second-order valence-corrected chi connectivity index (χ2v) is 2.84. The van der Waals surface area contributed by atoms with Gasteiger partial charge in [-0.3, -0.25) is 13.9 Å². The Bertz CT molecular complexity index is 416. The van der Waals surface area contributed by atoms with Crippen LogP contribution in [0.4, 0.5) is 0 Å². The normalized spacial score (nSPS) is 10.4. The summed E-state index contributed by atoms with van der Waals surface area (Å²) in [5.74, 6) is 0. The summed E-state index contributed by atoms with van der Waals surface area (Å²) in [5.41, 5.74) is -0.141. The second-order valence-electron chi connectivity index (χ2n) is 2.84. The number of hydrogen-bond donors (Lipinski definition) is 1. The van der Waals surface area contributed by atoms with Crippen LogP contribution in [0.25, 0.3) is 0 Å². The van der Waals surface area contributed by atoms with E-state index in [-0.39, 0.29) is 24.4 Å². The molecule has 0 aliphatic rings. The van der Waals surface area contributed by atoms with Crippen molar-refractivity contribution in [2.75, 3.05) is 6.61 Å². The Labute approximate surface area is 74.9 Å². The van der Waals surface area contributed by atoms with E-state index in [1.54, 1.807) is 6.92 Å². The van der Waals surface area contributed by atoms with Crippen LogP contribution in [-0.2, 0) is 13.6 Å². The molecule has 13 heavy (non-hydrogen) atoms. The van der Waals surface area contributed by atoms with Gasteiger partial charge >= 0.3 is 5.69 Å². The van der Waals surface area contributed by atoms with E-state index in [2.05, 4.69) is 0 Å². The van der Waals surface area contributed by atoms with E-state index in [9.17, 15) is 9.59 Å². The van der Waals surface area contributed by atoms with Crippen molar-refractivity contribution in [2.24, 2.45) is 7.05 Å². The molecule has 1 heterocycles. The van der Waals surface area contributed by atoms with Gasteiger partial charge in [-0.2, -0.15) is 0 Å². The number of aliphatic hydroxyl groups is 1. The average Bonchev–Trinajstić information content (AvgIpc) is 2.09. The second kappa shape index (κ2) is 3.57. The van der Waals surface area contributed by atoms with Gasteiger partial charge in [-0.15, -0.1) is 0 Å². The molecule has 0 fully saturated rings. The molecule has 72 valence electrons. The Kier molecular flexibility index (Phi) is 2.67. The molecule has 1 aromatic rings. The Morgan fingerprint density at radius 1 is 1.46 bits per heavy atom. The molecule has 5 nitrogen and oxygen atoms in total. The minimum Gasteiger partial charge on any atom is -0.395 e. The van der Waals surface area contributed by atoms with Gasteiger partial charge in [0.25, 0.3) is 5.56 Å². The molecule has 0 saturated carbocycles. The quantitative estimate of drug-likeness (QED) is 0.631. The molecule has 5 heteroatoms. The number of aliphatic hydroxyl groups excluding tert-OH is 1. The lowest BCUT2D eigenvalue weighted by Crippen LogP contribution is -2.39. The van der Waals surface area contributed by atoms with Crippen molar-refractivity contribution in [3.8, 4) is 0 Å². The number of aromatic nitrogens is 2. The van der Waals surface area contributed by atoms with Crippen LogP contribution in [0.5, 0.6) is 0 Å². The van der Waals surface area contributed by atoms with Gasteiger partial charge in [0.1, 0.15) is 0 Å². The summed E-state index contributed by atoms with van der Waals surface area (Å²) in [7, 11) is 1.41. The molecule has 0 saturated heterocycles. The van der Waals surface area contributed by atoms with Gasteiger partial charge in [0.2, 0.25) is 0 Å². The Morgan fingerprint density at radius 2 is 2.08 bits per heavy atom. The van der Waals surface area contributed by atoms with E-state index in [0.29, 0.717) is 5.69 Å². The first-order valence-electron chi connectivity index (χ1n) is 3.96. The van der Waals surface area contributed by atoms with Crippen molar-refractivity contribution >= 4 is 0 Å². The maximum Gasteiger partial charge on any atom is 0.330 e. The maximum absolute atomic E-state index is 11.4. The lowest BCUT2D eigenvalue weighted by molar-refractivity contribution is 0.270. The predicted octanol–water partition coefficient (Wildman–Crippen LogP) is -1.15. The number of rotatable bonds is 2. The van der Waals surface area contributed by atoms with Gasteiger partial charge in [-0.1, -0.05) is 0 Å². The summed E-state index contributed by atoms with van der Waals surface area (Å²) in [6.07, 6.45) is 0. The zero-order chi connectivity index (χ0) is 10.0. The van der Waals surface area contributed by atoms with Crippen molar-refractivity contribution in [3.63, 3.8) is 0 Å². The molecule has 0 amide bonds. The molecule has 0 atom stereocenters. The van der Waals surface area contributed by atoms with Crippen LogP contribution in [0.2, 0.25) is 0 Å². The van der Waals surface area contributed by atoms with Crippen LogP contribution >= 0.6 is 0 Å². The zero-order valence-corrected chi connectivity index (χ0v) is 7.65. The van der Waals surface area contributed by atoms with Gasteiger partial charge in [-0.05, 0) is 6.92 Å². The minimum atomic E-state index is -0.390. The van der Waals surface area contributed by atoms with Crippen molar-refractivity contribution in [1.82, 2.24) is 9.13 Å². The first kappa shape index (κ1) is 9.73. The molecule has 0 radical (unpaired) electrons. The fourth-order valence-electron chi connectivity index (χ4n) is 1.15. The summed E-state index contributed by atoms with van der Waals surface area (Å²) in [6.45, 7) is 1.77. The molecule has 0 aliphatic carbocycles. The van der Waals surface area contributed by atoms with Gasteiger partial charge in [0, 0.05) is 18.8 Å². The average molecular weight is 184 g/mol. The highest BCUT2D eigenvalue weighted by Crippen LogP contribution is 1.88. The molecule has 1 aromatic heterocycles. The van der Waals surface area contributed by atoms with Crippen LogP contribution in [0.1, 0.15) is 5.69 Å². The molecule has 0 unspecified atom stereocenters. The Morgan fingerprint density at radius 3 is 2.62 bits per heavy atom. The summed E-state index contributed by atoms with van der Waals surface area (Å²) in [4.78, 5) is 22.5. The summed E-state index contributed by atoms with van der Waals surface area (Å²) in [6, 6.07) is 1.37. The first-order valence-corrected chi connectivity index (χ1v) is 3.96. The van der Waals surface area contributed by atoms with Crippen LogP contribution in [0.3, 0.4) is 0 Å².